The minimum absolute atomic E-state index is 0.0976. The van der Waals surface area contributed by atoms with Crippen LogP contribution in [0.1, 0.15) is 32.3 Å². The van der Waals surface area contributed by atoms with Gasteiger partial charge in [-0.1, -0.05) is 44.2 Å². The molecule has 0 aromatic heterocycles. The van der Waals surface area contributed by atoms with Crippen LogP contribution >= 0.6 is 0 Å². The molecule has 2 rings (SSSR count). The second-order valence-electron chi connectivity index (χ2n) is 6.82. The number of hydrogen-bond acceptors (Lipinski definition) is 2. The van der Waals surface area contributed by atoms with Gasteiger partial charge in [-0.05, 0) is 29.7 Å². The fourth-order valence-corrected chi connectivity index (χ4v) is 2.69. The third kappa shape index (κ3) is 4.07. The molecule has 1 fully saturated rings. The molecular weight excluding hydrogens is 248 g/mol. The Balaban J connectivity index is 1.76. The Kier molecular flexibility index (Phi) is 4.48. The van der Waals surface area contributed by atoms with E-state index in [1.165, 1.54) is 12.0 Å². The van der Waals surface area contributed by atoms with E-state index in [0.29, 0.717) is 17.8 Å². The van der Waals surface area contributed by atoms with Crippen LogP contribution in [0.5, 0.6) is 0 Å². The highest BCUT2D eigenvalue weighted by Gasteiger charge is 2.46. The maximum Gasteiger partial charge on any atom is 0.223 e. The molecule has 1 aliphatic rings. The molecule has 3 heteroatoms. The van der Waals surface area contributed by atoms with E-state index in [-0.39, 0.29) is 11.9 Å². The van der Waals surface area contributed by atoms with Crippen LogP contribution in [0.25, 0.3) is 0 Å². The van der Waals surface area contributed by atoms with Gasteiger partial charge >= 0.3 is 0 Å². The number of rotatable bonds is 6. The predicted molar refractivity (Wildman–Crippen MR) is 82.3 cm³/mol. The molecule has 0 spiro atoms. The molecule has 2 N–H and O–H groups in total. The molecule has 2 atom stereocenters. The van der Waals surface area contributed by atoms with Crippen LogP contribution < -0.4 is 5.73 Å². The Labute approximate surface area is 122 Å². The number of carbonyl (C=O) groups excluding carboxylic acids is 1. The van der Waals surface area contributed by atoms with Crippen LogP contribution in [0, 0.1) is 11.3 Å². The molecule has 0 saturated heterocycles. The van der Waals surface area contributed by atoms with Crippen LogP contribution in [0.15, 0.2) is 30.3 Å². The van der Waals surface area contributed by atoms with Crippen molar-refractivity contribution in [3.63, 3.8) is 0 Å². The number of nitrogens with zero attached hydrogens (tertiary/aromatic N) is 1. The number of nitrogens with two attached hydrogens (primary N) is 1. The largest absolute Gasteiger partial charge is 0.345 e. The van der Waals surface area contributed by atoms with Crippen molar-refractivity contribution >= 4 is 5.91 Å². The van der Waals surface area contributed by atoms with Crippen LogP contribution in [0.2, 0.25) is 0 Å². The Morgan fingerprint density at radius 3 is 2.55 bits per heavy atom. The monoisotopic (exact) mass is 274 g/mol. The highest BCUT2D eigenvalue weighted by atomic mass is 16.2. The van der Waals surface area contributed by atoms with Crippen LogP contribution in [0.4, 0.5) is 0 Å². The summed E-state index contributed by atoms with van der Waals surface area (Å²) in [6.45, 7) is 5.39. The first kappa shape index (κ1) is 15.0. The molecule has 1 unspecified atom stereocenters. The third-order valence-electron chi connectivity index (χ3n) is 4.42. The summed E-state index contributed by atoms with van der Waals surface area (Å²) in [4.78, 5) is 14.0. The quantitative estimate of drug-likeness (QED) is 0.866. The molecule has 3 nitrogen and oxygen atoms in total. The molecule has 0 heterocycles. The van der Waals surface area contributed by atoms with Crippen LogP contribution in [0.3, 0.4) is 0 Å². The van der Waals surface area contributed by atoms with E-state index in [9.17, 15) is 4.79 Å². The van der Waals surface area contributed by atoms with Crippen molar-refractivity contribution in [2.75, 3.05) is 13.6 Å². The first-order valence-electron chi connectivity index (χ1n) is 7.42. The summed E-state index contributed by atoms with van der Waals surface area (Å²) in [6, 6.07) is 10.0. The maximum absolute atomic E-state index is 12.2. The van der Waals surface area contributed by atoms with Crippen molar-refractivity contribution in [2.24, 2.45) is 17.1 Å². The molecule has 1 aromatic carbocycles. The summed E-state index contributed by atoms with van der Waals surface area (Å²) >= 11 is 0. The van der Waals surface area contributed by atoms with E-state index < -0.39 is 0 Å². The number of amides is 1. The molecule has 1 aliphatic carbocycles. The lowest BCUT2D eigenvalue weighted by atomic mass is 10.0. The molecule has 20 heavy (non-hydrogen) atoms. The predicted octanol–water partition coefficient (Wildman–Crippen LogP) is 2.45. The lowest BCUT2D eigenvalue weighted by Crippen LogP contribution is -2.35. The van der Waals surface area contributed by atoms with Gasteiger partial charge in [0.15, 0.2) is 0 Å². The normalized spacial score (nSPS) is 21.3. The SMILES string of the molecule is CN(CC1CC1(C)C)C(=O)C[C@@H](N)Cc1ccccc1. The van der Waals surface area contributed by atoms with Gasteiger partial charge in [0.1, 0.15) is 0 Å². The van der Waals surface area contributed by atoms with Gasteiger partial charge in [-0.15, -0.1) is 0 Å². The zero-order valence-electron chi connectivity index (χ0n) is 12.8. The fraction of sp³-hybridized carbons (Fsp3) is 0.588. The standard InChI is InChI=1S/C17H26N2O/c1-17(2)11-14(17)12-19(3)16(20)10-15(18)9-13-7-5-4-6-8-13/h4-8,14-15H,9-12,18H2,1-3H3/t14?,15-/m0/s1. The smallest absolute Gasteiger partial charge is 0.223 e. The van der Waals surface area contributed by atoms with Gasteiger partial charge in [0.25, 0.3) is 0 Å². The summed E-state index contributed by atoms with van der Waals surface area (Å²) in [5.41, 5.74) is 7.71. The zero-order valence-corrected chi connectivity index (χ0v) is 12.8. The number of carbonyl (C=O) groups is 1. The molecule has 1 aromatic rings. The van der Waals surface area contributed by atoms with Gasteiger partial charge in [0.2, 0.25) is 5.91 Å². The Hall–Kier alpha value is -1.35. The molecule has 1 saturated carbocycles. The van der Waals surface area contributed by atoms with Gasteiger partial charge in [-0.2, -0.15) is 0 Å². The van der Waals surface area contributed by atoms with E-state index in [4.69, 9.17) is 5.73 Å². The summed E-state index contributed by atoms with van der Waals surface area (Å²) in [7, 11) is 1.89. The molecule has 0 radical (unpaired) electrons. The number of benzene rings is 1. The highest BCUT2D eigenvalue weighted by Crippen LogP contribution is 2.51. The summed E-state index contributed by atoms with van der Waals surface area (Å²) in [5.74, 6) is 0.818. The fourth-order valence-electron chi connectivity index (χ4n) is 2.69. The first-order valence-corrected chi connectivity index (χ1v) is 7.42. The minimum atomic E-state index is -0.0976. The maximum atomic E-state index is 12.2. The van der Waals surface area contributed by atoms with E-state index in [2.05, 4.69) is 26.0 Å². The highest BCUT2D eigenvalue weighted by molar-refractivity contribution is 5.76. The van der Waals surface area contributed by atoms with Crippen molar-refractivity contribution in [1.29, 1.82) is 0 Å². The Morgan fingerprint density at radius 1 is 1.40 bits per heavy atom. The minimum Gasteiger partial charge on any atom is -0.345 e. The topological polar surface area (TPSA) is 46.3 Å². The summed E-state index contributed by atoms with van der Waals surface area (Å²) in [6.07, 6.45) is 2.41. The van der Waals surface area contributed by atoms with Crippen molar-refractivity contribution in [3.05, 3.63) is 35.9 Å². The zero-order chi connectivity index (χ0) is 14.8. The Morgan fingerprint density at radius 2 is 2.00 bits per heavy atom. The van der Waals surface area contributed by atoms with Crippen molar-refractivity contribution in [2.45, 2.75) is 39.2 Å². The van der Waals surface area contributed by atoms with Crippen molar-refractivity contribution in [1.82, 2.24) is 4.90 Å². The molecule has 0 aliphatic heterocycles. The van der Waals surface area contributed by atoms with Gasteiger partial charge in [-0.3, -0.25) is 4.79 Å². The summed E-state index contributed by atoms with van der Waals surface area (Å²) in [5, 5.41) is 0. The first-order chi connectivity index (χ1) is 9.38. The molecular formula is C17H26N2O. The van der Waals surface area contributed by atoms with E-state index in [1.807, 2.05) is 30.1 Å². The average molecular weight is 274 g/mol. The Bertz CT molecular complexity index is 455. The van der Waals surface area contributed by atoms with Gasteiger partial charge in [0, 0.05) is 26.1 Å². The van der Waals surface area contributed by atoms with Crippen molar-refractivity contribution in [3.8, 4) is 0 Å². The lowest BCUT2D eigenvalue weighted by molar-refractivity contribution is -0.130. The summed E-state index contributed by atoms with van der Waals surface area (Å²) < 4.78 is 0. The van der Waals surface area contributed by atoms with E-state index >= 15 is 0 Å². The molecule has 1 amide bonds. The third-order valence-corrected chi connectivity index (χ3v) is 4.42. The van der Waals surface area contributed by atoms with Gasteiger partial charge < -0.3 is 10.6 Å². The number of hydrogen-bond donors (Lipinski definition) is 1. The second kappa shape index (κ2) is 5.96. The second-order valence-corrected chi connectivity index (χ2v) is 6.82. The van der Waals surface area contributed by atoms with Crippen LogP contribution in [-0.4, -0.2) is 30.4 Å². The van der Waals surface area contributed by atoms with E-state index in [0.717, 1.165) is 13.0 Å². The van der Waals surface area contributed by atoms with E-state index in [1.54, 1.807) is 0 Å². The lowest BCUT2D eigenvalue weighted by Gasteiger charge is -2.20. The molecule has 110 valence electrons. The molecule has 0 bridgehead atoms. The van der Waals surface area contributed by atoms with Crippen molar-refractivity contribution < 1.29 is 4.79 Å². The van der Waals surface area contributed by atoms with Gasteiger partial charge in [0.05, 0.1) is 0 Å². The van der Waals surface area contributed by atoms with Crippen LogP contribution in [-0.2, 0) is 11.2 Å². The average Bonchev–Trinajstić information content (AvgIpc) is 2.97. The van der Waals surface area contributed by atoms with Gasteiger partial charge in [-0.25, -0.2) is 0 Å².